The Morgan fingerprint density at radius 1 is 1.17 bits per heavy atom. The Morgan fingerprint density at radius 2 is 1.97 bits per heavy atom. The van der Waals surface area contributed by atoms with E-state index in [1.807, 2.05) is 13.8 Å². The number of hydrogen-bond donors (Lipinski definition) is 1. The van der Waals surface area contributed by atoms with Crippen LogP contribution in [-0.2, 0) is 0 Å². The van der Waals surface area contributed by atoms with E-state index >= 15 is 0 Å². The van der Waals surface area contributed by atoms with Crippen molar-refractivity contribution in [2.45, 2.75) is 39.5 Å². The molecule has 1 aliphatic rings. The first-order valence-corrected chi connectivity index (χ1v) is 10.7. The molecule has 0 bridgehead atoms. The lowest BCUT2D eigenvalue weighted by atomic mass is 10.1. The summed E-state index contributed by atoms with van der Waals surface area (Å²) in [6.07, 6.45) is 4.80. The molecule has 3 heterocycles. The summed E-state index contributed by atoms with van der Waals surface area (Å²) in [5, 5.41) is 8.30. The number of nitrogens with one attached hydrogen (secondary N) is 1. The molecule has 6 nitrogen and oxygen atoms in total. The first-order chi connectivity index (χ1) is 14.5. The number of likely N-dealkylation sites (tertiary alicyclic amines) is 1. The fourth-order valence-corrected chi connectivity index (χ4v) is 4.16. The zero-order valence-electron chi connectivity index (χ0n) is 17.6. The molecule has 1 aromatic carbocycles. The number of pyridine rings is 1. The Labute approximate surface area is 176 Å². The Kier molecular flexibility index (Phi) is 6.08. The van der Waals surface area contributed by atoms with E-state index in [0.717, 1.165) is 31.7 Å². The molecule has 0 saturated carbocycles. The number of benzene rings is 1. The average Bonchev–Trinajstić information content (AvgIpc) is 3.07. The third-order valence-electron chi connectivity index (χ3n) is 5.62. The summed E-state index contributed by atoms with van der Waals surface area (Å²) in [5.41, 5.74) is 3.13. The highest BCUT2D eigenvalue weighted by Gasteiger charge is 2.19. The lowest BCUT2D eigenvalue weighted by Crippen LogP contribution is -2.33. The SMILES string of the molecule is Cc1cc(C(=O)NCCCN2CCCCC2)c2c(C)nn(-c3cccc(F)c3)c2n1. The minimum atomic E-state index is -0.340. The van der Waals surface area contributed by atoms with Crippen molar-refractivity contribution in [1.29, 1.82) is 0 Å². The van der Waals surface area contributed by atoms with Crippen LogP contribution in [0.3, 0.4) is 0 Å². The van der Waals surface area contributed by atoms with Gasteiger partial charge in [0.05, 0.1) is 22.3 Å². The van der Waals surface area contributed by atoms with Crippen LogP contribution in [0, 0.1) is 19.7 Å². The van der Waals surface area contributed by atoms with Crippen LogP contribution in [0.2, 0.25) is 0 Å². The van der Waals surface area contributed by atoms with Gasteiger partial charge in [-0.3, -0.25) is 4.79 Å². The molecule has 0 spiro atoms. The average molecular weight is 410 g/mol. The molecule has 1 fully saturated rings. The minimum absolute atomic E-state index is 0.119. The summed E-state index contributed by atoms with van der Waals surface area (Å²) in [5.74, 6) is -0.459. The van der Waals surface area contributed by atoms with Crippen LogP contribution in [0.25, 0.3) is 16.7 Å². The number of piperidine rings is 1. The van der Waals surface area contributed by atoms with Crippen LogP contribution in [0.1, 0.15) is 47.4 Å². The van der Waals surface area contributed by atoms with Crippen molar-refractivity contribution < 1.29 is 9.18 Å². The molecule has 7 heteroatoms. The van der Waals surface area contributed by atoms with Gasteiger partial charge in [-0.1, -0.05) is 12.5 Å². The van der Waals surface area contributed by atoms with E-state index in [0.29, 0.717) is 34.5 Å². The minimum Gasteiger partial charge on any atom is -0.352 e. The molecule has 1 saturated heterocycles. The molecule has 1 N–H and O–H groups in total. The molecule has 158 valence electrons. The van der Waals surface area contributed by atoms with Gasteiger partial charge in [0.15, 0.2) is 5.65 Å². The Morgan fingerprint density at radius 3 is 2.73 bits per heavy atom. The van der Waals surface area contributed by atoms with Crippen molar-refractivity contribution in [3.8, 4) is 5.69 Å². The van der Waals surface area contributed by atoms with E-state index in [9.17, 15) is 9.18 Å². The van der Waals surface area contributed by atoms with Gasteiger partial charge in [-0.2, -0.15) is 5.10 Å². The van der Waals surface area contributed by atoms with E-state index in [2.05, 4.69) is 20.3 Å². The summed E-state index contributed by atoms with van der Waals surface area (Å²) in [6, 6.07) is 8.02. The van der Waals surface area contributed by atoms with Crippen molar-refractivity contribution >= 4 is 16.9 Å². The molecule has 0 atom stereocenters. The fraction of sp³-hybridized carbons (Fsp3) is 0.435. The first kappa shape index (κ1) is 20.5. The topological polar surface area (TPSA) is 63.1 Å². The zero-order valence-corrected chi connectivity index (χ0v) is 17.6. The maximum absolute atomic E-state index is 13.7. The van der Waals surface area contributed by atoms with Crippen molar-refractivity contribution in [2.24, 2.45) is 0 Å². The van der Waals surface area contributed by atoms with E-state index in [1.54, 1.807) is 22.9 Å². The fourth-order valence-electron chi connectivity index (χ4n) is 4.16. The van der Waals surface area contributed by atoms with Gasteiger partial charge in [0, 0.05) is 12.2 Å². The van der Waals surface area contributed by atoms with E-state index < -0.39 is 0 Å². The molecule has 30 heavy (non-hydrogen) atoms. The highest BCUT2D eigenvalue weighted by atomic mass is 19.1. The normalized spacial score (nSPS) is 14.9. The molecular weight excluding hydrogens is 381 g/mol. The van der Waals surface area contributed by atoms with Gasteiger partial charge in [0.1, 0.15) is 5.82 Å². The number of aromatic nitrogens is 3. The predicted octanol–water partition coefficient (Wildman–Crippen LogP) is 3.78. The van der Waals surface area contributed by atoms with E-state index in [4.69, 9.17) is 0 Å². The summed E-state index contributed by atoms with van der Waals surface area (Å²) in [7, 11) is 0. The highest BCUT2D eigenvalue weighted by molar-refractivity contribution is 6.06. The monoisotopic (exact) mass is 409 g/mol. The molecule has 0 unspecified atom stereocenters. The number of hydrogen-bond acceptors (Lipinski definition) is 4. The summed E-state index contributed by atoms with van der Waals surface area (Å²) < 4.78 is 15.3. The molecule has 0 radical (unpaired) electrons. The smallest absolute Gasteiger partial charge is 0.252 e. The quantitative estimate of drug-likeness (QED) is 0.630. The number of aryl methyl sites for hydroxylation is 2. The van der Waals surface area contributed by atoms with Crippen LogP contribution in [0.5, 0.6) is 0 Å². The summed E-state index contributed by atoms with van der Waals surface area (Å²) in [4.78, 5) is 20.0. The van der Waals surface area contributed by atoms with Gasteiger partial charge >= 0.3 is 0 Å². The number of amides is 1. The maximum atomic E-state index is 13.7. The van der Waals surface area contributed by atoms with Gasteiger partial charge in [-0.15, -0.1) is 0 Å². The standard InChI is InChI=1S/C23H28FN5O/c1-16-14-20(23(30)25-10-7-13-28-11-4-3-5-12-28)21-17(2)27-29(22(21)26-16)19-9-6-8-18(24)15-19/h6,8-9,14-15H,3-5,7,10-13H2,1-2H3,(H,25,30). The van der Waals surface area contributed by atoms with Crippen LogP contribution >= 0.6 is 0 Å². The molecule has 0 aliphatic carbocycles. The number of rotatable bonds is 6. The van der Waals surface area contributed by atoms with E-state index in [-0.39, 0.29) is 11.7 Å². The summed E-state index contributed by atoms with van der Waals surface area (Å²) >= 11 is 0. The second-order valence-electron chi connectivity index (χ2n) is 8.00. The second kappa shape index (κ2) is 8.92. The highest BCUT2D eigenvalue weighted by Crippen LogP contribution is 2.25. The van der Waals surface area contributed by atoms with Gasteiger partial charge in [0.25, 0.3) is 5.91 Å². The van der Waals surface area contributed by atoms with Crippen LogP contribution in [-0.4, -0.2) is 51.8 Å². The second-order valence-corrected chi connectivity index (χ2v) is 8.00. The lowest BCUT2D eigenvalue weighted by molar-refractivity contribution is 0.0952. The van der Waals surface area contributed by atoms with Crippen molar-refractivity contribution in [1.82, 2.24) is 25.0 Å². The molecule has 2 aromatic heterocycles. The maximum Gasteiger partial charge on any atom is 0.252 e. The van der Waals surface area contributed by atoms with Gasteiger partial charge in [-0.05, 0) is 77.0 Å². The molecular formula is C23H28FN5O. The van der Waals surface area contributed by atoms with Crippen LogP contribution in [0.4, 0.5) is 4.39 Å². The third-order valence-corrected chi connectivity index (χ3v) is 5.62. The Balaban J connectivity index is 1.54. The number of carbonyl (C=O) groups is 1. The van der Waals surface area contributed by atoms with Crippen LogP contribution < -0.4 is 5.32 Å². The zero-order chi connectivity index (χ0) is 21.1. The largest absolute Gasteiger partial charge is 0.352 e. The van der Waals surface area contributed by atoms with E-state index in [1.165, 1.54) is 31.4 Å². The lowest BCUT2D eigenvalue weighted by Gasteiger charge is -2.26. The molecule has 1 amide bonds. The molecule has 3 aromatic rings. The molecule has 4 rings (SSSR count). The van der Waals surface area contributed by atoms with Gasteiger partial charge < -0.3 is 10.2 Å². The predicted molar refractivity (Wildman–Crippen MR) is 116 cm³/mol. The van der Waals surface area contributed by atoms with Crippen molar-refractivity contribution in [3.63, 3.8) is 0 Å². The van der Waals surface area contributed by atoms with Gasteiger partial charge in [-0.25, -0.2) is 14.1 Å². The third kappa shape index (κ3) is 4.36. The number of nitrogens with zero attached hydrogens (tertiary/aromatic N) is 4. The van der Waals surface area contributed by atoms with Gasteiger partial charge in [0.2, 0.25) is 0 Å². The van der Waals surface area contributed by atoms with Crippen LogP contribution in [0.15, 0.2) is 30.3 Å². The van der Waals surface area contributed by atoms with Crippen molar-refractivity contribution in [2.75, 3.05) is 26.2 Å². The summed E-state index contributed by atoms with van der Waals surface area (Å²) in [6.45, 7) is 7.68. The van der Waals surface area contributed by atoms with Crippen molar-refractivity contribution in [3.05, 3.63) is 53.1 Å². The number of carbonyl (C=O) groups excluding carboxylic acids is 1. The Hall–Kier alpha value is -2.80. The molecule has 1 aliphatic heterocycles. The first-order valence-electron chi connectivity index (χ1n) is 10.7. The number of halogens is 1. The number of fused-ring (bicyclic) bond motifs is 1. The Bertz CT molecular complexity index is 1060.